The van der Waals surface area contributed by atoms with E-state index in [9.17, 15) is 14.4 Å². The van der Waals surface area contributed by atoms with Crippen LogP contribution in [0.2, 0.25) is 5.02 Å². The Morgan fingerprint density at radius 1 is 1.30 bits per heavy atom. The smallest absolute Gasteiger partial charge is 0.331 e. The maximum atomic E-state index is 12.5. The van der Waals surface area contributed by atoms with Gasteiger partial charge in [0, 0.05) is 18.3 Å². The highest BCUT2D eigenvalue weighted by molar-refractivity contribution is 6.32. The van der Waals surface area contributed by atoms with E-state index >= 15 is 0 Å². The third-order valence-corrected chi connectivity index (χ3v) is 3.62. The van der Waals surface area contributed by atoms with Gasteiger partial charge < -0.3 is 9.84 Å². The van der Waals surface area contributed by atoms with Crippen molar-refractivity contribution in [3.63, 3.8) is 0 Å². The van der Waals surface area contributed by atoms with Gasteiger partial charge in [-0.3, -0.25) is 18.7 Å². The summed E-state index contributed by atoms with van der Waals surface area (Å²) in [6, 6.07) is 4.87. The summed E-state index contributed by atoms with van der Waals surface area (Å²) in [6.07, 6.45) is 1.22. The molecule has 0 bridgehead atoms. The van der Waals surface area contributed by atoms with Gasteiger partial charge in [-0.2, -0.15) is 0 Å². The molecule has 1 N–H and O–H groups in total. The molecule has 1 heterocycles. The zero-order chi connectivity index (χ0) is 17.1. The second kappa shape index (κ2) is 6.70. The summed E-state index contributed by atoms with van der Waals surface area (Å²) in [4.78, 5) is 35.6. The summed E-state index contributed by atoms with van der Waals surface area (Å²) in [5.41, 5.74) is -0.664. The average Bonchev–Trinajstić information content (AvgIpc) is 2.50. The van der Waals surface area contributed by atoms with Crippen LogP contribution in [-0.2, 0) is 17.9 Å². The van der Waals surface area contributed by atoms with Crippen molar-refractivity contribution in [2.24, 2.45) is 0 Å². The number of carboxylic acids is 1. The third kappa shape index (κ3) is 3.14. The number of benzene rings is 1. The number of hydrogen-bond acceptors (Lipinski definition) is 4. The van der Waals surface area contributed by atoms with Crippen LogP contribution < -0.4 is 16.0 Å². The molecule has 2 rings (SSSR count). The first-order valence-electron chi connectivity index (χ1n) is 6.79. The van der Waals surface area contributed by atoms with Gasteiger partial charge in [-0.25, -0.2) is 4.79 Å². The van der Waals surface area contributed by atoms with Gasteiger partial charge in [-0.1, -0.05) is 23.7 Å². The number of para-hydroxylation sites is 1. The highest BCUT2D eigenvalue weighted by Crippen LogP contribution is 2.34. The topological polar surface area (TPSA) is 90.5 Å². The van der Waals surface area contributed by atoms with Crippen molar-refractivity contribution in [2.45, 2.75) is 20.0 Å². The van der Waals surface area contributed by atoms with Crippen molar-refractivity contribution in [1.82, 2.24) is 9.13 Å². The normalized spacial score (nSPS) is 10.6. The molecule has 0 radical (unpaired) electrons. The maximum absolute atomic E-state index is 12.5. The Bertz CT molecular complexity index is 869. The monoisotopic (exact) mass is 338 g/mol. The quantitative estimate of drug-likeness (QED) is 0.891. The van der Waals surface area contributed by atoms with Gasteiger partial charge in [-0.15, -0.1) is 0 Å². The van der Waals surface area contributed by atoms with Crippen molar-refractivity contribution in [3.05, 3.63) is 50.3 Å². The number of hydrogen-bond donors (Lipinski definition) is 1. The Morgan fingerprint density at radius 3 is 2.57 bits per heavy atom. The van der Waals surface area contributed by atoms with E-state index in [1.807, 2.05) is 0 Å². The molecule has 122 valence electrons. The Kier molecular flexibility index (Phi) is 4.90. The fourth-order valence-electron chi connectivity index (χ4n) is 2.30. The van der Waals surface area contributed by atoms with Crippen LogP contribution in [0.4, 0.5) is 0 Å². The van der Waals surface area contributed by atoms with E-state index in [2.05, 4.69) is 0 Å². The molecule has 1 aromatic heterocycles. The zero-order valence-electron chi connectivity index (χ0n) is 12.6. The minimum atomic E-state index is -1.18. The number of carboxylic acid groups (broad SMARTS) is 1. The van der Waals surface area contributed by atoms with Crippen LogP contribution in [0.25, 0.3) is 11.1 Å². The molecular weight excluding hydrogens is 324 g/mol. The summed E-state index contributed by atoms with van der Waals surface area (Å²) in [5, 5.41) is 9.25. The number of rotatable bonds is 5. The molecule has 23 heavy (non-hydrogen) atoms. The molecule has 0 aliphatic heterocycles. The lowest BCUT2D eigenvalue weighted by molar-refractivity contribution is -0.137. The number of carbonyl (C=O) groups is 1. The van der Waals surface area contributed by atoms with Crippen LogP contribution >= 0.6 is 11.6 Å². The van der Waals surface area contributed by atoms with Crippen molar-refractivity contribution in [3.8, 4) is 16.9 Å². The number of aliphatic carboxylic acids is 1. The first-order valence-corrected chi connectivity index (χ1v) is 7.17. The molecule has 0 amide bonds. The molecule has 0 saturated carbocycles. The van der Waals surface area contributed by atoms with Gasteiger partial charge >= 0.3 is 11.7 Å². The van der Waals surface area contributed by atoms with E-state index in [1.165, 1.54) is 13.3 Å². The molecule has 8 heteroatoms. The molecule has 0 atom stereocenters. The number of methoxy groups -OCH3 is 1. The van der Waals surface area contributed by atoms with Crippen molar-refractivity contribution < 1.29 is 14.6 Å². The Hall–Kier alpha value is -2.54. The molecule has 0 aliphatic carbocycles. The minimum absolute atomic E-state index is 0.119. The van der Waals surface area contributed by atoms with E-state index < -0.39 is 23.8 Å². The SMILES string of the molecule is CCn1c(=O)c(-c2cccc(Cl)c2OC)cn(CC(=O)O)c1=O. The lowest BCUT2D eigenvalue weighted by Gasteiger charge is -2.13. The van der Waals surface area contributed by atoms with Crippen LogP contribution in [0.5, 0.6) is 5.75 Å². The second-order valence-electron chi connectivity index (χ2n) is 4.72. The van der Waals surface area contributed by atoms with Gasteiger partial charge in [0.25, 0.3) is 5.56 Å². The summed E-state index contributed by atoms with van der Waals surface area (Å²) < 4.78 is 7.17. The molecule has 0 fully saturated rings. The highest BCUT2D eigenvalue weighted by Gasteiger charge is 2.17. The predicted molar refractivity (Wildman–Crippen MR) is 85.3 cm³/mol. The Labute approximate surface area is 136 Å². The number of aromatic nitrogens is 2. The largest absolute Gasteiger partial charge is 0.495 e. The fraction of sp³-hybridized carbons (Fsp3) is 0.267. The first-order chi connectivity index (χ1) is 10.9. The standard InChI is InChI=1S/C15H15ClN2O5/c1-3-18-14(21)10(7-17(15(18)22)8-12(19)20)9-5-4-6-11(16)13(9)23-2/h4-7H,3,8H2,1-2H3,(H,19,20). The molecule has 1 aromatic carbocycles. The summed E-state index contributed by atoms with van der Waals surface area (Å²) >= 11 is 6.06. The molecule has 0 saturated heterocycles. The van der Waals surface area contributed by atoms with Crippen molar-refractivity contribution in [2.75, 3.05) is 7.11 Å². The van der Waals surface area contributed by atoms with Crippen LogP contribution in [0.1, 0.15) is 6.92 Å². The van der Waals surface area contributed by atoms with E-state index in [-0.39, 0.29) is 17.9 Å². The van der Waals surface area contributed by atoms with Gasteiger partial charge in [0.2, 0.25) is 0 Å². The average molecular weight is 339 g/mol. The van der Waals surface area contributed by atoms with E-state index in [4.69, 9.17) is 21.4 Å². The third-order valence-electron chi connectivity index (χ3n) is 3.32. The minimum Gasteiger partial charge on any atom is -0.495 e. The molecular formula is C15H15ClN2O5. The zero-order valence-corrected chi connectivity index (χ0v) is 13.3. The number of ether oxygens (including phenoxy) is 1. The molecule has 0 unspecified atom stereocenters. The predicted octanol–water partition coefficient (Wildman–Crippen LogP) is 1.44. The van der Waals surface area contributed by atoms with E-state index in [0.717, 1.165) is 9.13 Å². The summed E-state index contributed by atoms with van der Waals surface area (Å²) in [6.45, 7) is 1.20. The molecule has 7 nitrogen and oxygen atoms in total. The molecule has 2 aromatic rings. The lowest BCUT2D eigenvalue weighted by atomic mass is 10.1. The van der Waals surface area contributed by atoms with Crippen molar-refractivity contribution in [1.29, 1.82) is 0 Å². The van der Waals surface area contributed by atoms with Crippen LogP contribution in [-0.4, -0.2) is 27.3 Å². The number of halogens is 1. The highest BCUT2D eigenvalue weighted by atomic mass is 35.5. The molecule has 0 aliphatic rings. The van der Waals surface area contributed by atoms with Crippen LogP contribution in [0.15, 0.2) is 34.0 Å². The van der Waals surface area contributed by atoms with Crippen molar-refractivity contribution >= 4 is 17.6 Å². The van der Waals surface area contributed by atoms with Crippen LogP contribution in [0, 0.1) is 0 Å². The maximum Gasteiger partial charge on any atom is 0.331 e. The first kappa shape index (κ1) is 16.8. The van der Waals surface area contributed by atoms with Gasteiger partial charge in [0.1, 0.15) is 12.3 Å². The number of nitrogens with zero attached hydrogens (tertiary/aromatic N) is 2. The van der Waals surface area contributed by atoms with E-state index in [0.29, 0.717) is 10.6 Å². The summed E-state index contributed by atoms with van der Waals surface area (Å²) in [5.74, 6) is -0.896. The van der Waals surface area contributed by atoms with E-state index in [1.54, 1.807) is 25.1 Å². The van der Waals surface area contributed by atoms with Gasteiger partial charge in [0.15, 0.2) is 0 Å². The molecule has 0 spiro atoms. The van der Waals surface area contributed by atoms with Crippen LogP contribution in [0.3, 0.4) is 0 Å². The Morgan fingerprint density at radius 2 is 2.00 bits per heavy atom. The Balaban J connectivity index is 2.83. The fourth-order valence-corrected chi connectivity index (χ4v) is 2.56. The van der Waals surface area contributed by atoms with Gasteiger partial charge in [-0.05, 0) is 13.0 Å². The lowest BCUT2D eigenvalue weighted by Crippen LogP contribution is -2.40. The van der Waals surface area contributed by atoms with Gasteiger partial charge in [0.05, 0.1) is 17.7 Å². The second-order valence-corrected chi connectivity index (χ2v) is 5.12. The summed E-state index contributed by atoms with van der Waals surface area (Å²) in [7, 11) is 1.41.